The van der Waals surface area contributed by atoms with Crippen molar-refractivity contribution in [3.63, 3.8) is 0 Å². The van der Waals surface area contributed by atoms with Gasteiger partial charge in [0.1, 0.15) is 0 Å². The summed E-state index contributed by atoms with van der Waals surface area (Å²) in [6.45, 7) is 23.3. The Morgan fingerprint density at radius 2 is 0.490 bits per heavy atom. The average molecular weight is 826 g/mol. The SMILES string of the molecule is Cc1cc([O-])c(C(C)C)c(Cl)c1.Cc1cc([O-])c(C(C)C)c(Cl)c1.Cc1cc([O-])c(C(C)C)c(Cl)c1.Cc1cc([O-])c(C(C)C)c(Cl)c1.[Zr+4]. The molecule has 0 aliphatic carbocycles. The van der Waals surface area contributed by atoms with Crippen LogP contribution in [0.5, 0.6) is 23.0 Å². The van der Waals surface area contributed by atoms with E-state index in [1.807, 2.05) is 107 Å². The number of rotatable bonds is 4. The molecule has 0 aliphatic heterocycles. The number of halogens is 4. The van der Waals surface area contributed by atoms with Crippen molar-refractivity contribution >= 4 is 46.4 Å². The molecule has 0 unspecified atom stereocenters. The first-order valence-corrected chi connectivity index (χ1v) is 17.5. The maximum atomic E-state index is 11.4. The zero-order valence-electron chi connectivity index (χ0n) is 30.6. The Kier molecular flexibility index (Phi) is 20.7. The fourth-order valence-electron chi connectivity index (χ4n) is 5.13. The summed E-state index contributed by atoms with van der Waals surface area (Å²) in [5, 5.41) is 48.0. The fraction of sp³-hybridized carbons (Fsp3) is 0.400. The summed E-state index contributed by atoms with van der Waals surface area (Å²) in [5.41, 5.74) is 6.60. The van der Waals surface area contributed by atoms with Crippen molar-refractivity contribution < 1.29 is 46.6 Å². The van der Waals surface area contributed by atoms with Crippen molar-refractivity contribution in [2.75, 3.05) is 0 Å². The number of aryl methyl sites for hydroxylation is 4. The van der Waals surface area contributed by atoms with E-state index >= 15 is 0 Å². The second kappa shape index (κ2) is 21.5. The van der Waals surface area contributed by atoms with Crippen LogP contribution in [-0.4, -0.2) is 0 Å². The van der Waals surface area contributed by atoms with E-state index in [-0.39, 0.29) is 72.9 Å². The van der Waals surface area contributed by atoms with Gasteiger partial charge < -0.3 is 20.4 Å². The third-order valence-corrected chi connectivity index (χ3v) is 8.50. The van der Waals surface area contributed by atoms with Crippen LogP contribution < -0.4 is 20.4 Å². The topological polar surface area (TPSA) is 92.2 Å². The minimum absolute atomic E-state index is 0. The first-order chi connectivity index (χ1) is 22.1. The molecule has 0 saturated heterocycles. The molecular formula is C40H48Cl4O4Zr. The van der Waals surface area contributed by atoms with E-state index < -0.39 is 0 Å². The van der Waals surface area contributed by atoms with Crippen LogP contribution in [0.3, 0.4) is 0 Å². The van der Waals surface area contributed by atoms with Gasteiger partial charge in [0.25, 0.3) is 0 Å². The molecule has 0 spiro atoms. The van der Waals surface area contributed by atoms with Gasteiger partial charge in [0, 0.05) is 20.1 Å². The standard InChI is InChI=1S/4C10H13ClO.Zr/c4*1-6(2)10-8(11)4-7(3)5-9(10)12;/h4*4-6,12H,1-3H3;/q;;;;+4/p-4. The smallest absolute Gasteiger partial charge is 0.872 e. The van der Waals surface area contributed by atoms with Crippen LogP contribution in [0.25, 0.3) is 0 Å². The summed E-state index contributed by atoms with van der Waals surface area (Å²) in [6.07, 6.45) is 0. The van der Waals surface area contributed by atoms with Gasteiger partial charge in [0.2, 0.25) is 0 Å². The Morgan fingerprint density at radius 1 is 0.347 bits per heavy atom. The number of hydrogen-bond donors (Lipinski definition) is 0. The monoisotopic (exact) mass is 822 g/mol. The van der Waals surface area contributed by atoms with E-state index in [4.69, 9.17) is 46.4 Å². The molecule has 0 heterocycles. The molecular weight excluding hydrogens is 777 g/mol. The largest absolute Gasteiger partial charge is 4.00 e. The molecule has 0 radical (unpaired) electrons. The normalized spacial score (nSPS) is 10.5. The van der Waals surface area contributed by atoms with Crippen molar-refractivity contribution in [3.8, 4) is 23.0 Å². The van der Waals surface area contributed by atoms with Gasteiger partial charge in [0.05, 0.1) is 0 Å². The number of benzene rings is 4. The molecule has 0 atom stereocenters. The third kappa shape index (κ3) is 14.7. The molecule has 4 rings (SSSR count). The van der Waals surface area contributed by atoms with E-state index in [0.29, 0.717) is 20.1 Å². The van der Waals surface area contributed by atoms with Crippen molar-refractivity contribution in [2.45, 2.75) is 107 Å². The molecule has 0 saturated carbocycles. The van der Waals surface area contributed by atoms with Gasteiger partial charge in [0.15, 0.2) is 0 Å². The predicted octanol–water partition coefficient (Wildman–Crippen LogP) is 11.4. The van der Waals surface area contributed by atoms with Gasteiger partial charge in [-0.3, -0.25) is 0 Å². The molecule has 0 fully saturated rings. The Hall–Kier alpha value is -1.88. The molecule has 0 amide bonds. The second-order valence-corrected chi connectivity index (χ2v) is 14.9. The van der Waals surface area contributed by atoms with E-state index in [2.05, 4.69) is 0 Å². The van der Waals surface area contributed by atoms with Gasteiger partial charge in [-0.05, 0) is 97.9 Å². The fourth-order valence-corrected chi connectivity index (χ4v) is 7.06. The summed E-state index contributed by atoms with van der Waals surface area (Å²) < 4.78 is 0. The average Bonchev–Trinajstić information content (AvgIpc) is 2.86. The first kappa shape index (κ1) is 47.1. The van der Waals surface area contributed by atoms with Crippen LogP contribution in [-0.2, 0) is 26.2 Å². The molecule has 4 aromatic rings. The van der Waals surface area contributed by atoms with Gasteiger partial charge in [-0.15, -0.1) is 23.0 Å². The van der Waals surface area contributed by atoms with Crippen molar-refractivity contribution in [1.82, 2.24) is 0 Å². The summed E-state index contributed by atoms with van der Waals surface area (Å²) >= 11 is 23.7. The van der Waals surface area contributed by atoms with Gasteiger partial charge in [-0.25, -0.2) is 0 Å². The molecule has 49 heavy (non-hydrogen) atoms. The summed E-state index contributed by atoms with van der Waals surface area (Å²) in [4.78, 5) is 0. The van der Waals surface area contributed by atoms with E-state index in [1.54, 1.807) is 24.3 Å². The minimum atomic E-state index is 0. The first-order valence-electron chi connectivity index (χ1n) is 16.0. The van der Waals surface area contributed by atoms with Crippen LogP contribution in [0, 0.1) is 27.7 Å². The molecule has 4 nitrogen and oxygen atoms in total. The molecule has 0 aliphatic rings. The van der Waals surface area contributed by atoms with E-state index in [0.717, 1.165) is 44.5 Å². The molecule has 264 valence electrons. The molecule has 9 heteroatoms. The summed E-state index contributed by atoms with van der Waals surface area (Å²) in [7, 11) is 0. The van der Waals surface area contributed by atoms with Crippen LogP contribution in [0.2, 0.25) is 20.1 Å². The molecule has 4 aromatic carbocycles. The van der Waals surface area contributed by atoms with Gasteiger partial charge in [-0.2, -0.15) is 0 Å². The van der Waals surface area contributed by atoms with Crippen molar-refractivity contribution in [2.24, 2.45) is 0 Å². The van der Waals surface area contributed by atoms with Gasteiger partial charge in [-0.1, -0.05) is 148 Å². The summed E-state index contributed by atoms with van der Waals surface area (Å²) in [5.74, 6) is 1.00. The molecule has 0 aromatic heterocycles. The van der Waals surface area contributed by atoms with E-state index in [9.17, 15) is 20.4 Å². The number of hydrogen-bond acceptors (Lipinski definition) is 4. The maximum absolute atomic E-state index is 11.4. The van der Waals surface area contributed by atoms with Crippen LogP contribution in [0.4, 0.5) is 0 Å². The Labute approximate surface area is 333 Å². The second-order valence-electron chi connectivity index (χ2n) is 13.3. The van der Waals surface area contributed by atoms with Gasteiger partial charge >= 0.3 is 26.2 Å². The minimum Gasteiger partial charge on any atom is -0.872 e. The summed E-state index contributed by atoms with van der Waals surface area (Å²) in [6, 6.07) is 13.8. The predicted molar refractivity (Wildman–Crippen MR) is 199 cm³/mol. The van der Waals surface area contributed by atoms with E-state index in [1.165, 1.54) is 0 Å². The molecule has 0 N–H and O–H groups in total. The zero-order valence-corrected chi connectivity index (χ0v) is 36.1. The Bertz CT molecular complexity index is 1330. The zero-order chi connectivity index (χ0) is 37.2. The Morgan fingerprint density at radius 3 is 0.592 bits per heavy atom. The van der Waals surface area contributed by atoms with Crippen LogP contribution in [0.15, 0.2) is 48.5 Å². The Balaban J connectivity index is 0.000000623. The molecule has 0 bridgehead atoms. The van der Waals surface area contributed by atoms with Crippen molar-refractivity contribution in [1.29, 1.82) is 0 Å². The van der Waals surface area contributed by atoms with Crippen molar-refractivity contribution in [3.05, 3.63) is 113 Å². The third-order valence-electron chi connectivity index (χ3n) is 7.25. The van der Waals surface area contributed by atoms with Crippen LogP contribution >= 0.6 is 46.4 Å². The van der Waals surface area contributed by atoms with Crippen LogP contribution in [0.1, 0.15) is 124 Å². The maximum Gasteiger partial charge on any atom is 4.00 e. The quantitative estimate of drug-likeness (QED) is 0.205.